The smallest absolute Gasteiger partial charge is 0.419 e. The van der Waals surface area contributed by atoms with E-state index >= 15 is 0 Å². The Balaban J connectivity index is 1.59. The molecule has 248 valence electrons. The van der Waals surface area contributed by atoms with Gasteiger partial charge in [-0.2, -0.15) is 26.3 Å². The van der Waals surface area contributed by atoms with Gasteiger partial charge in [-0.25, -0.2) is 13.6 Å². The fraction of sp³-hybridized carbons (Fsp3) is 0.0938. The lowest BCUT2D eigenvalue weighted by molar-refractivity contribution is -0.140. The van der Waals surface area contributed by atoms with E-state index in [4.69, 9.17) is 4.74 Å². The number of carbonyl (C=O) groups is 3. The first-order valence-corrected chi connectivity index (χ1v) is 14.1. The van der Waals surface area contributed by atoms with E-state index in [1.165, 1.54) is 19.2 Å². The molecule has 0 saturated carbocycles. The Morgan fingerprint density at radius 1 is 0.771 bits per heavy atom. The first-order valence-electron chi connectivity index (χ1n) is 13.3. The minimum atomic E-state index is -5.11. The van der Waals surface area contributed by atoms with Gasteiger partial charge in [0.2, 0.25) is 0 Å². The lowest BCUT2D eigenvalue weighted by Gasteiger charge is -2.14. The number of nitrogens with one attached hydrogen (secondary N) is 2. The molecule has 0 spiro atoms. The number of carbonyl (C=O) groups excluding carboxylic acids is 2. The molecule has 1 aromatic heterocycles. The second kappa shape index (κ2) is 12.6. The van der Waals surface area contributed by atoms with Crippen molar-refractivity contribution >= 4 is 50.6 Å². The van der Waals surface area contributed by atoms with Gasteiger partial charge in [0, 0.05) is 21.3 Å². The molecule has 1 heterocycles. The van der Waals surface area contributed by atoms with Crippen LogP contribution in [0.3, 0.4) is 0 Å². The molecule has 0 aliphatic heterocycles. The van der Waals surface area contributed by atoms with Gasteiger partial charge in [-0.3, -0.25) is 9.59 Å². The van der Waals surface area contributed by atoms with Gasteiger partial charge in [-0.1, -0.05) is 12.1 Å². The zero-order valence-electron chi connectivity index (χ0n) is 23.9. The van der Waals surface area contributed by atoms with Crippen molar-refractivity contribution in [3.8, 4) is 16.9 Å². The molecule has 0 radical (unpaired) electrons. The van der Waals surface area contributed by atoms with Gasteiger partial charge in [0.25, 0.3) is 11.8 Å². The number of hydrogen-bond acceptors (Lipinski definition) is 5. The van der Waals surface area contributed by atoms with Crippen LogP contribution in [0.15, 0.2) is 72.8 Å². The average Bonchev–Trinajstić information content (AvgIpc) is 3.38. The molecule has 0 unspecified atom stereocenters. The quantitative estimate of drug-likeness (QED) is 0.148. The molecule has 4 aromatic carbocycles. The Morgan fingerprint density at radius 2 is 1.48 bits per heavy atom. The van der Waals surface area contributed by atoms with Gasteiger partial charge in [0.15, 0.2) is 0 Å². The molecule has 0 bridgehead atoms. The fourth-order valence-electron chi connectivity index (χ4n) is 4.68. The highest BCUT2D eigenvalue weighted by molar-refractivity contribution is 7.21. The molecule has 5 aromatic rings. The van der Waals surface area contributed by atoms with Crippen molar-refractivity contribution in [3.63, 3.8) is 0 Å². The monoisotopic (exact) mass is 694 g/mol. The summed E-state index contributed by atoms with van der Waals surface area (Å²) in [6.45, 7) is 0. The maximum Gasteiger partial charge on any atom is 0.419 e. The average molecular weight is 695 g/mol. The van der Waals surface area contributed by atoms with E-state index in [9.17, 15) is 54.6 Å². The summed E-state index contributed by atoms with van der Waals surface area (Å²) in [6.07, 6.45) is -9.89. The highest BCUT2D eigenvalue weighted by Gasteiger charge is 2.35. The Bertz CT molecular complexity index is 2110. The predicted octanol–water partition coefficient (Wildman–Crippen LogP) is 9.10. The number of benzene rings is 4. The summed E-state index contributed by atoms with van der Waals surface area (Å²) in [4.78, 5) is 38.1. The maximum atomic E-state index is 14.7. The topological polar surface area (TPSA) is 105 Å². The van der Waals surface area contributed by atoms with Crippen LogP contribution in [-0.4, -0.2) is 30.0 Å². The number of hydrogen-bond donors (Lipinski definition) is 3. The molecule has 0 aliphatic rings. The van der Waals surface area contributed by atoms with Crippen LogP contribution >= 0.6 is 11.3 Å². The predicted molar refractivity (Wildman–Crippen MR) is 159 cm³/mol. The number of ether oxygens (including phenoxy) is 1. The normalized spacial score (nSPS) is 11.8. The highest BCUT2D eigenvalue weighted by Crippen LogP contribution is 2.41. The van der Waals surface area contributed by atoms with E-state index in [-0.39, 0.29) is 43.8 Å². The van der Waals surface area contributed by atoms with Crippen molar-refractivity contribution in [3.05, 3.63) is 112 Å². The molecule has 7 nitrogen and oxygen atoms in total. The van der Waals surface area contributed by atoms with Crippen LogP contribution in [0.1, 0.15) is 41.5 Å². The summed E-state index contributed by atoms with van der Waals surface area (Å²) in [7, 11) is 1.20. The lowest BCUT2D eigenvalue weighted by Crippen LogP contribution is -2.18. The second-order valence-electron chi connectivity index (χ2n) is 10.0. The third kappa shape index (κ3) is 6.78. The summed E-state index contributed by atoms with van der Waals surface area (Å²) in [5.41, 5.74) is -4.26. The largest absolute Gasteiger partial charge is 0.496 e. The standard InChI is InChI=1S/C32H18F8N2O5S/c1-47-24-9-3-14(19-11-15(30(45)46)2-7-22(19)33)10-20(24)28(43)42-26-18-6-4-16(31(35,36)37)12-25(18)48-27(26)29(44)41-17-5-8-23(34)21(13-17)32(38,39)40/h2-13H,1H3,(H,41,44)(H,42,43)(H,45,46). The van der Waals surface area contributed by atoms with Gasteiger partial charge in [0.05, 0.1) is 35.1 Å². The number of methoxy groups -OCH3 is 1. The number of amides is 2. The number of halogens is 8. The summed E-state index contributed by atoms with van der Waals surface area (Å²) < 4.78 is 114. The third-order valence-corrected chi connectivity index (χ3v) is 8.11. The van der Waals surface area contributed by atoms with Crippen LogP contribution in [-0.2, 0) is 12.4 Å². The van der Waals surface area contributed by atoms with Crippen molar-refractivity contribution in [2.75, 3.05) is 17.7 Å². The third-order valence-electron chi connectivity index (χ3n) is 6.96. The van der Waals surface area contributed by atoms with Gasteiger partial charge in [0.1, 0.15) is 22.3 Å². The molecule has 0 saturated heterocycles. The lowest BCUT2D eigenvalue weighted by atomic mass is 9.99. The summed E-state index contributed by atoms with van der Waals surface area (Å²) in [5.74, 6) is -6.00. The maximum absolute atomic E-state index is 14.7. The molecule has 2 amide bonds. The summed E-state index contributed by atoms with van der Waals surface area (Å²) >= 11 is 0.488. The molecule has 48 heavy (non-hydrogen) atoms. The Kier molecular flexibility index (Phi) is 8.88. The molecule has 5 rings (SSSR count). The first-order chi connectivity index (χ1) is 22.5. The molecular formula is C32H18F8N2O5S. The minimum absolute atomic E-state index is 0.0429. The number of rotatable bonds is 7. The van der Waals surface area contributed by atoms with E-state index in [0.717, 1.165) is 36.4 Å². The molecule has 0 aliphatic carbocycles. The van der Waals surface area contributed by atoms with Gasteiger partial charge in [-0.15, -0.1) is 11.3 Å². The van der Waals surface area contributed by atoms with Crippen molar-refractivity contribution in [1.82, 2.24) is 0 Å². The van der Waals surface area contributed by atoms with Crippen LogP contribution < -0.4 is 15.4 Å². The van der Waals surface area contributed by atoms with Gasteiger partial charge in [-0.05, 0) is 66.2 Å². The fourth-order valence-corrected chi connectivity index (χ4v) is 5.77. The van der Waals surface area contributed by atoms with E-state index < -0.39 is 63.5 Å². The molecule has 0 atom stereocenters. The Morgan fingerprint density at radius 3 is 2.12 bits per heavy atom. The number of thiophene rings is 1. The van der Waals surface area contributed by atoms with Gasteiger partial charge < -0.3 is 20.5 Å². The number of anilines is 2. The highest BCUT2D eigenvalue weighted by atomic mass is 32.1. The summed E-state index contributed by atoms with van der Waals surface area (Å²) in [5, 5.41) is 13.9. The second-order valence-corrected chi connectivity index (χ2v) is 11.1. The number of alkyl halides is 6. The number of fused-ring (bicyclic) bond motifs is 1. The minimum Gasteiger partial charge on any atom is -0.496 e. The molecule has 3 N–H and O–H groups in total. The van der Waals surface area contributed by atoms with Crippen molar-refractivity contribution in [1.29, 1.82) is 0 Å². The van der Waals surface area contributed by atoms with Crippen molar-refractivity contribution in [2.45, 2.75) is 12.4 Å². The number of carboxylic acids is 1. The van der Waals surface area contributed by atoms with Crippen LogP contribution in [0.4, 0.5) is 46.5 Å². The first kappa shape index (κ1) is 33.8. The van der Waals surface area contributed by atoms with E-state index in [2.05, 4.69) is 10.6 Å². The van der Waals surface area contributed by atoms with Crippen molar-refractivity contribution in [2.24, 2.45) is 0 Å². The Hall–Kier alpha value is -5.51. The zero-order valence-corrected chi connectivity index (χ0v) is 24.8. The van der Waals surface area contributed by atoms with E-state index in [0.29, 0.717) is 35.6 Å². The zero-order chi connectivity index (χ0) is 35.1. The molecule has 0 fully saturated rings. The number of aromatic carboxylic acids is 1. The van der Waals surface area contributed by atoms with Crippen LogP contribution in [0, 0.1) is 11.6 Å². The summed E-state index contributed by atoms with van der Waals surface area (Å²) in [6, 6.07) is 10.8. The number of carboxylic acid groups (broad SMARTS) is 1. The van der Waals surface area contributed by atoms with Crippen LogP contribution in [0.5, 0.6) is 5.75 Å². The molecular weight excluding hydrogens is 676 g/mol. The van der Waals surface area contributed by atoms with Crippen LogP contribution in [0.25, 0.3) is 21.2 Å². The SMILES string of the molecule is COc1ccc(-c2cc(C(=O)O)ccc2F)cc1C(=O)Nc1c(C(=O)Nc2ccc(F)c(C(F)(F)F)c2)sc2cc(C(F)(F)F)ccc12. The van der Waals surface area contributed by atoms with E-state index in [1.807, 2.05) is 0 Å². The Labute approximate surface area is 268 Å². The van der Waals surface area contributed by atoms with Gasteiger partial charge >= 0.3 is 18.3 Å². The van der Waals surface area contributed by atoms with Crippen molar-refractivity contribution < 1.29 is 59.4 Å². The molecule has 16 heteroatoms. The van der Waals surface area contributed by atoms with E-state index in [1.54, 1.807) is 0 Å². The van der Waals surface area contributed by atoms with Crippen LogP contribution in [0.2, 0.25) is 0 Å².